The molecule has 0 saturated heterocycles. The summed E-state index contributed by atoms with van der Waals surface area (Å²) in [6.45, 7) is 2.12. The van der Waals surface area contributed by atoms with Crippen LogP contribution in [-0.2, 0) is 13.5 Å². The Balaban J connectivity index is 2.44. The van der Waals surface area contributed by atoms with Crippen LogP contribution in [0.3, 0.4) is 0 Å². The Morgan fingerprint density at radius 3 is 3.27 bits per heavy atom. The van der Waals surface area contributed by atoms with E-state index in [1.54, 1.807) is 0 Å². The van der Waals surface area contributed by atoms with Crippen molar-refractivity contribution in [2.24, 2.45) is 12.0 Å². The van der Waals surface area contributed by atoms with Crippen LogP contribution in [0.1, 0.15) is 18.2 Å². The standard InChI is InChI=1S/C8H11N3/c1-6-3-7-5-11(2)10-8(7)4-9-6/h4-6H,3H2,1-2H3. The zero-order valence-electron chi connectivity index (χ0n) is 6.78. The van der Waals surface area contributed by atoms with Gasteiger partial charge in [0.15, 0.2) is 0 Å². The molecule has 1 atom stereocenters. The van der Waals surface area contributed by atoms with E-state index in [2.05, 4.69) is 23.2 Å². The van der Waals surface area contributed by atoms with Crippen molar-refractivity contribution in [1.29, 1.82) is 0 Å². The third kappa shape index (κ3) is 1.06. The van der Waals surface area contributed by atoms with E-state index in [0.29, 0.717) is 6.04 Å². The van der Waals surface area contributed by atoms with Crippen LogP contribution in [0.4, 0.5) is 0 Å². The zero-order valence-corrected chi connectivity index (χ0v) is 6.78. The molecule has 3 heteroatoms. The molecule has 2 heterocycles. The lowest BCUT2D eigenvalue weighted by Gasteiger charge is -2.08. The molecule has 58 valence electrons. The molecule has 0 N–H and O–H groups in total. The average Bonchev–Trinajstić information content (AvgIpc) is 2.27. The highest BCUT2D eigenvalue weighted by atomic mass is 15.3. The quantitative estimate of drug-likeness (QED) is 0.536. The maximum atomic E-state index is 4.28. The normalized spacial score (nSPS) is 21.8. The van der Waals surface area contributed by atoms with Crippen LogP contribution in [-0.4, -0.2) is 22.0 Å². The van der Waals surface area contributed by atoms with E-state index < -0.39 is 0 Å². The van der Waals surface area contributed by atoms with E-state index in [1.165, 1.54) is 5.56 Å². The van der Waals surface area contributed by atoms with Gasteiger partial charge in [-0.3, -0.25) is 9.67 Å². The molecule has 1 unspecified atom stereocenters. The summed E-state index contributed by atoms with van der Waals surface area (Å²) in [4.78, 5) is 4.28. The summed E-state index contributed by atoms with van der Waals surface area (Å²) in [5, 5.41) is 4.25. The maximum Gasteiger partial charge on any atom is 0.106 e. The molecule has 0 aromatic carbocycles. The molecular weight excluding hydrogens is 138 g/mol. The van der Waals surface area contributed by atoms with Gasteiger partial charge in [0.25, 0.3) is 0 Å². The fourth-order valence-electron chi connectivity index (χ4n) is 1.39. The Morgan fingerprint density at radius 2 is 2.45 bits per heavy atom. The molecule has 0 saturated carbocycles. The minimum atomic E-state index is 0.423. The Bertz CT molecular complexity index is 298. The smallest absolute Gasteiger partial charge is 0.106 e. The van der Waals surface area contributed by atoms with Gasteiger partial charge in [-0.25, -0.2) is 0 Å². The first-order valence-electron chi connectivity index (χ1n) is 3.81. The van der Waals surface area contributed by atoms with Gasteiger partial charge in [-0.05, 0) is 13.3 Å². The molecule has 0 spiro atoms. The summed E-state index contributed by atoms with van der Waals surface area (Å²) in [5.74, 6) is 0. The van der Waals surface area contributed by atoms with Gasteiger partial charge >= 0.3 is 0 Å². The average molecular weight is 149 g/mol. The summed E-state index contributed by atoms with van der Waals surface area (Å²) in [6.07, 6.45) is 4.96. The van der Waals surface area contributed by atoms with Gasteiger partial charge in [0.2, 0.25) is 0 Å². The number of aliphatic imine (C=N–C) groups is 1. The second-order valence-corrected chi connectivity index (χ2v) is 3.04. The number of hydrogen-bond donors (Lipinski definition) is 0. The molecule has 1 aliphatic heterocycles. The third-order valence-corrected chi connectivity index (χ3v) is 1.90. The van der Waals surface area contributed by atoms with Crippen LogP contribution in [0, 0.1) is 0 Å². The second kappa shape index (κ2) is 2.19. The molecule has 0 amide bonds. The van der Waals surface area contributed by atoms with E-state index in [-0.39, 0.29) is 0 Å². The fraction of sp³-hybridized carbons (Fsp3) is 0.500. The first-order chi connectivity index (χ1) is 5.25. The Labute approximate surface area is 65.8 Å². The van der Waals surface area contributed by atoms with Crippen LogP contribution in [0.5, 0.6) is 0 Å². The SMILES string of the molecule is CC1Cc2cn(C)nc2C=N1. The lowest BCUT2D eigenvalue weighted by atomic mass is 10.1. The van der Waals surface area contributed by atoms with E-state index >= 15 is 0 Å². The molecule has 11 heavy (non-hydrogen) atoms. The second-order valence-electron chi connectivity index (χ2n) is 3.04. The summed E-state index contributed by atoms with van der Waals surface area (Å²) in [6, 6.07) is 0.423. The summed E-state index contributed by atoms with van der Waals surface area (Å²) in [5.41, 5.74) is 2.35. The lowest BCUT2D eigenvalue weighted by molar-refractivity contribution is 0.732. The van der Waals surface area contributed by atoms with Crippen molar-refractivity contribution < 1.29 is 0 Å². The summed E-state index contributed by atoms with van der Waals surface area (Å²) in [7, 11) is 1.94. The molecule has 2 rings (SSSR count). The van der Waals surface area contributed by atoms with Crippen molar-refractivity contribution in [1.82, 2.24) is 9.78 Å². The van der Waals surface area contributed by atoms with Crippen molar-refractivity contribution in [2.75, 3.05) is 0 Å². The third-order valence-electron chi connectivity index (χ3n) is 1.90. The van der Waals surface area contributed by atoms with Crippen LogP contribution < -0.4 is 0 Å². The monoisotopic (exact) mass is 149 g/mol. The lowest BCUT2D eigenvalue weighted by Crippen LogP contribution is -2.09. The van der Waals surface area contributed by atoms with Gasteiger partial charge in [-0.1, -0.05) is 0 Å². The topological polar surface area (TPSA) is 30.2 Å². The number of nitrogens with zero attached hydrogens (tertiary/aromatic N) is 3. The number of rotatable bonds is 0. The van der Waals surface area contributed by atoms with Crippen molar-refractivity contribution in [2.45, 2.75) is 19.4 Å². The van der Waals surface area contributed by atoms with Crippen LogP contribution in [0.25, 0.3) is 0 Å². The van der Waals surface area contributed by atoms with E-state index in [9.17, 15) is 0 Å². The highest BCUT2D eigenvalue weighted by molar-refractivity contribution is 5.80. The van der Waals surface area contributed by atoms with Gasteiger partial charge in [0, 0.05) is 25.0 Å². The molecule has 0 radical (unpaired) electrons. The number of aryl methyl sites for hydroxylation is 1. The van der Waals surface area contributed by atoms with Gasteiger partial charge in [0.05, 0.1) is 6.04 Å². The van der Waals surface area contributed by atoms with Gasteiger partial charge < -0.3 is 0 Å². The van der Waals surface area contributed by atoms with Gasteiger partial charge in [-0.15, -0.1) is 0 Å². The van der Waals surface area contributed by atoms with E-state index in [0.717, 1.165) is 12.1 Å². The van der Waals surface area contributed by atoms with Crippen molar-refractivity contribution >= 4 is 6.21 Å². The molecular formula is C8H11N3. The highest BCUT2D eigenvalue weighted by Gasteiger charge is 2.13. The van der Waals surface area contributed by atoms with Crippen molar-refractivity contribution in [3.63, 3.8) is 0 Å². The van der Waals surface area contributed by atoms with Crippen LogP contribution in [0.15, 0.2) is 11.2 Å². The molecule has 0 fully saturated rings. The minimum absolute atomic E-state index is 0.423. The van der Waals surface area contributed by atoms with Crippen LogP contribution >= 0.6 is 0 Å². The molecule has 1 aromatic rings. The maximum absolute atomic E-state index is 4.28. The Hall–Kier alpha value is -1.12. The van der Waals surface area contributed by atoms with Crippen molar-refractivity contribution in [3.8, 4) is 0 Å². The predicted octanol–water partition coefficient (Wildman–Crippen LogP) is 0.784. The Kier molecular flexibility index (Phi) is 1.31. The fourth-order valence-corrected chi connectivity index (χ4v) is 1.39. The van der Waals surface area contributed by atoms with Gasteiger partial charge in [-0.2, -0.15) is 5.10 Å². The van der Waals surface area contributed by atoms with Gasteiger partial charge in [0.1, 0.15) is 5.69 Å². The molecule has 0 aliphatic carbocycles. The molecule has 1 aromatic heterocycles. The largest absolute Gasteiger partial charge is 0.287 e. The van der Waals surface area contributed by atoms with E-state index in [4.69, 9.17) is 0 Å². The summed E-state index contributed by atoms with van der Waals surface area (Å²) < 4.78 is 1.84. The number of aromatic nitrogens is 2. The molecule has 3 nitrogen and oxygen atoms in total. The Morgan fingerprint density at radius 1 is 1.64 bits per heavy atom. The van der Waals surface area contributed by atoms with Crippen molar-refractivity contribution in [3.05, 3.63) is 17.5 Å². The zero-order chi connectivity index (χ0) is 7.84. The van der Waals surface area contributed by atoms with Crippen LogP contribution in [0.2, 0.25) is 0 Å². The summed E-state index contributed by atoms with van der Waals surface area (Å²) >= 11 is 0. The minimum Gasteiger partial charge on any atom is -0.287 e. The first-order valence-corrected chi connectivity index (χ1v) is 3.81. The number of hydrogen-bond acceptors (Lipinski definition) is 2. The first kappa shape index (κ1) is 6.58. The predicted molar refractivity (Wildman–Crippen MR) is 44.0 cm³/mol. The highest BCUT2D eigenvalue weighted by Crippen LogP contribution is 2.13. The number of fused-ring (bicyclic) bond motifs is 1. The molecule has 1 aliphatic rings. The molecule has 0 bridgehead atoms. The van der Waals surface area contributed by atoms with E-state index in [1.807, 2.05) is 17.9 Å².